The van der Waals surface area contributed by atoms with E-state index in [1.807, 2.05) is 13.8 Å². The molecular weight excluding hydrogens is 464 g/mol. The summed E-state index contributed by atoms with van der Waals surface area (Å²) in [6.07, 6.45) is 8.96. The third-order valence-electron chi connectivity index (χ3n) is 11.7. The maximum absolute atomic E-state index is 12.9. The van der Waals surface area contributed by atoms with Crippen LogP contribution in [0.25, 0.3) is 0 Å². The van der Waals surface area contributed by atoms with Gasteiger partial charge in [-0.2, -0.15) is 0 Å². The predicted molar refractivity (Wildman–Crippen MR) is 145 cm³/mol. The second-order valence-electron chi connectivity index (χ2n) is 14.0. The molecule has 4 aliphatic carbocycles. The fraction of sp³-hybridized carbons (Fsp3) is 0.781. The van der Waals surface area contributed by atoms with Crippen molar-refractivity contribution in [1.29, 1.82) is 0 Å². The number of allylic oxidation sites excluding steroid dienone is 3. The average Bonchev–Trinajstić information content (AvgIpc) is 3.01. The van der Waals surface area contributed by atoms with Crippen LogP contribution in [0.2, 0.25) is 0 Å². The van der Waals surface area contributed by atoms with Crippen molar-refractivity contribution in [2.75, 3.05) is 0 Å². The van der Waals surface area contributed by atoms with Crippen LogP contribution in [0.3, 0.4) is 0 Å². The quantitative estimate of drug-likeness (QED) is 0.298. The number of ether oxygens (including phenoxy) is 1. The number of carboxylic acid groups (broad SMARTS) is 1. The Labute approximate surface area is 223 Å². The van der Waals surface area contributed by atoms with Crippen molar-refractivity contribution in [2.24, 2.45) is 39.4 Å². The summed E-state index contributed by atoms with van der Waals surface area (Å²) in [7, 11) is 0. The fourth-order valence-corrected chi connectivity index (χ4v) is 9.57. The first kappa shape index (κ1) is 28.1. The predicted octanol–water partition coefficient (Wildman–Crippen LogP) is 7.29. The highest BCUT2D eigenvalue weighted by molar-refractivity contribution is 5.85. The number of carboxylic acids is 1. The Kier molecular flexibility index (Phi) is 7.12. The minimum absolute atomic E-state index is 0.0379. The van der Waals surface area contributed by atoms with E-state index in [-0.39, 0.29) is 34.2 Å². The van der Waals surface area contributed by atoms with E-state index in [0.717, 1.165) is 38.5 Å². The summed E-state index contributed by atoms with van der Waals surface area (Å²) in [6, 6.07) is 0. The summed E-state index contributed by atoms with van der Waals surface area (Å²) in [4.78, 5) is 37.9. The highest BCUT2D eigenvalue weighted by Crippen LogP contribution is 2.72. The molecule has 0 radical (unpaired) electrons. The number of esters is 1. The molecule has 0 aromatic rings. The average molecular weight is 513 g/mol. The van der Waals surface area contributed by atoms with Gasteiger partial charge in [0.25, 0.3) is 0 Å². The van der Waals surface area contributed by atoms with E-state index in [0.29, 0.717) is 31.0 Å². The summed E-state index contributed by atoms with van der Waals surface area (Å²) < 4.78 is 6.10. The van der Waals surface area contributed by atoms with Gasteiger partial charge in [0.15, 0.2) is 0 Å². The molecular formula is C32H48O5. The molecule has 2 fully saturated rings. The summed E-state index contributed by atoms with van der Waals surface area (Å²) in [5.41, 5.74) is 3.05. The lowest BCUT2D eigenvalue weighted by Crippen LogP contribution is -2.55. The van der Waals surface area contributed by atoms with Crippen molar-refractivity contribution in [3.05, 3.63) is 22.8 Å². The molecule has 0 spiro atoms. The molecule has 0 bridgehead atoms. The van der Waals surface area contributed by atoms with Crippen LogP contribution in [0, 0.1) is 39.4 Å². The summed E-state index contributed by atoms with van der Waals surface area (Å²) in [6.45, 7) is 16.8. The molecule has 0 heterocycles. The standard InChI is InChI=1S/C32H48O5/c1-19(2)10-9-11-21(28(35)36)24-18-27(37-20(3)33)32(8)23-12-13-25-29(4,5)26(34)15-16-30(25,6)22(23)14-17-31(24,32)7/h10,21,24-25,27H,9,11-18H2,1-8H3,(H,35,36)/t21-,24-,25+,27+,30-,31-,32-/m1/s1. The van der Waals surface area contributed by atoms with Crippen LogP contribution in [-0.4, -0.2) is 28.9 Å². The molecule has 0 aliphatic heterocycles. The van der Waals surface area contributed by atoms with Gasteiger partial charge in [0.05, 0.1) is 5.92 Å². The molecule has 0 aromatic heterocycles. The topological polar surface area (TPSA) is 80.7 Å². The highest BCUT2D eigenvalue weighted by Gasteiger charge is 2.68. The Morgan fingerprint density at radius 3 is 2.30 bits per heavy atom. The van der Waals surface area contributed by atoms with Crippen molar-refractivity contribution in [1.82, 2.24) is 0 Å². The molecule has 0 aromatic carbocycles. The number of hydrogen-bond acceptors (Lipinski definition) is 4. The van der Waals surface area contributed by atoms with Gasteiger partial charge in [0.2, 0.25) is 0 Å². The number of hydrogen-bond donors (Lipinski definition) is 1. The van der Waals surface area contributed by atoms with E-state index in [1.54, 1.807) is 0 Å². The van der Waals surface area contributed by atoms with Crippen molar-refractivity contribution < 1.29 is 24.2 Å². The van der Waals surface area contributed by atoms with E-state index >= 15 is 0 Å². The maximum atomic E-state index is 12.9. The van der Waals surface area contributed by atoms with Crippen LogP contribution in [0.15, 0.2) is 22.8 Å². The Morgan fingerprint density at radius 1 is 1.03 bits per heavy atom. The van der Waals surface area contributed by atoms with Crippen LogP contribution in [0.1, 0.15) is 113 Å². The molecule has 7 atom stereocenters. The van der Waals surface area contributed by atoms with E-state index in [4.69, 9.17) is 4.74 Å². The summed E-state index contributed by atoms with van der Waals surface area (Å²) in [5, 5.41) is 10.4. The Bertz CT molecular complexity index is 1050. The Morgan fingerprint density at radius 2 is 1.70 bits per heavy atom. The van der Waals surface area contributed by atoms with Gasteiger partial charge < -0.3 is 9.84 Å². The lowest BCUT2D eigenvalue weighted by Gasteiger charge is -2.61. The first-order chi connectivity index (χ1) is 17.1. The normalized spacial score (nSPS) is 39.2. The zero-order valence-electron chi connectivity index (χ0n) is 24.3. The largest absolute Gasteiger partial charge is 0.481 e. The lowest BCUT2D eigenvalue weighted by atomic mass is 9.43. The molecule has 4 rings (SSSR count). The van der Waals surface area contributed by atoms with Gasteiger partial charge >= 0.3 is 11.9 Å². The van der Waals surface area contributed by atoms with Crippen molar-refractivity contribution in [3.8, 4) is 0 Å². The van der Waals surface area contributed by atoms with Crippen molar-refractivity contribution in [2.45, 2.75) is 119 Å². The number of aliphatic carboxylic acids is 1. The van der Waals surface area contributed by atoms with Crippen LogP contribution < -0.4 is 0 Å². The minimum Gasteiger partial charge on any atom is -0.481 e. The third kappa shape index (κ3) is 4.14. The second kappa shape index (κ2) is 9.38. The first-order valence-corrected chi connectivity index (χ1v) is 14.4. The van der Waals surface area contributed by atoms with E-state index in [9.17, 15) is 19.5 Å². The molecule has 206 valence electrons. The molecule has 5 nitrogen and oxygen atoms in total. The van der Waals surface area contributed by atoms with Crippen molar-refractivity contribution in [3.63, 3.8) is 0 Å². The van der Waals surface area contributed by atoms with E-state index in [2.05, 4.69) is 40.7 Å². The lowest BCUT2D eigenvalue weighted by molar-refractivity contribution is -0.154. The smallest absolute Gasteiger partial charge is 0.306 e. The van der Waals surface area contributed by atoms with Gasteiger partial charge in [-0.15, -0.1) is 0 Å². The third-order valence-corrected chi connectivity index (χ3v) is 11.7. The van der Waals surface area contributed by atoms with Gasteiger partial charge in [0, 0.05) is 24.2 Å². The Balaban J connectivity index is 1.81. The second-order valence-corrected chi connectivity index (χ2v) is 14.0. The van der Waals surface area contributed by atoms with Crippen LogP contribution >= 0.6 is 0 Å². The maximum Gasteiger partial charge on any atom is 0.306 e. The van der Waals surface area contributed by atoms with Crippen LogP contribution in [-0.2, 0) is 19.1 Å². The van der Waals surface area contributed by atoms with E-state index in [1.165, 1.54) is 23.6 Å². The van der Waals surface area contributed by atoms with Crippen LogP contribution in [0.4, 0.5) is 0 Å². The molecule has 37 heavy (non-hydrogen) atoms. The molecule has 4 aliphatic rings. The Hall–Kier alpha value is -1.91. The number of carbonyl (C=O) groups is 3. The number of carbonyl (C=O) groups excluding carboxylic acids is 2. The van der Waals surface area contributed by atoms with Gasteiger partial charge in [0.1, 0.15) is 11.9 Å². The van der Waals surface area contributed by atoms with Gasteiger partial charge in [-0.3, -0.25) is 14.4 Å². The molecule has 1 N–H and O–H groups in total. The van der Waals surface area contributed by atoms with Gasteiger partial charge in [-0.25, -0.2) is 0 Å². The zero-order chi connectivity index (χ0) is 27.6. The first-order valence-electron chi connectivity index (χ1n) is 14.4. The van der Waals surface area contributed by atoms with Gasteiger partial charge in [-0.05, 0) is 87.9 Å². The number of ketones is 1. The molecule has 0 saturated heterocycles. The minimum atomic E-state index is -0.734. The van der Waals surface area contributed by atoms with Gasteiger partial charge in [-0.1, -0.05) is 57.4 Å². The zero-order valence-corrected chi connectivity index (χ0v) is 24.3. The summed E-state index contributed by atoms with van der Waals surface area (Å²) >= 11 is 0. The number of fused-ring (bicyclic) bond motifs is 4. The summed E-state index contributed by atoms with van der Waals surface area (Å²) in [5.74, 6) is -0.863. The molecule has 2 saturated carbocycles. The molecule has 0 unspecified atom stereocenters. The number of rotatable bonds is 6. The highest BCUT2D eigenvalue weighted by atomic mass is 16.5. The van der Waals surface area contributed by atoms with Crippen molar-refractivity contribution >= 4 is 17.7 Å². The molecule has 0 amide bonds. The molecule has 5 heteroatoms. The number of Topliss-reactive ketones (excluding diaryl/α,β-unsaturated/α-hetero) is 1. The monoisotopic (exact) mass is 512 g/mol. The van der Waals surface area contributed by atoms with E-state index < -0.39 is 17.3 Å². The van der Waals surface area contributed by atoms with Crippen LogP contribution in [0.5, 0.6) is 0 Å². The SMILES string of the molecule is CC(=O)O[C@H]1C[C@H]([C@@H](CCC=C(C)C)C(=O)O)[C@@]2(C)CCC3=C(CC[C@H]4C(C)(C)C(=O)CC[C@]34C)[C@]12C. The fourth-order valence-electron chi connectivity index (χ4n) is 9.57.